The summed E-state index contributed by atoms with van der Waals surface area (Å²) in [6, 6.07) is 21.2. The van der Waals surface area contributed by atoms with Crippen molar-refractivity contribution in [2.24, 2.45) is 0 Å². The summed E-state index contributed by atoms with van der Waals surface area (Å²) >= 11 is -0.220. The SMILES string of the molecule is C(#C[I+]c1ccccc1)CCCCCC#C[I+]c1ccccc1. The van der Waals surface area contributed by atoms with Crippen LogP contribution in [-0.2, 0) is 0 Å². The van der Waals surface area contributed by atoms with Crippen LogP contribution in [0.5, 0.6) is 0 Å². The van der Waals surface area contributed by atoms with E-state index in [-0.39, 0.29) is 42.4 Å². The van der Waals surface area contributed by atoms with E-state index in [9.17, 15) is 0 Å². The fourth-order valence-electron chi connectivity index (χ4n) is 1.83. The molecule has 2 rings (SSSR count). The largest absolute Gasteiger partial charge is 0.419 e. The Morgan fingerprint density at radius 1 is 0.565 bits per heavy atom. The van der Waals surface area contributed by atoms with Crippen LogP contribution in [-0.4, -0.2) is 0 Å². The summed E-state index contributed by atoms with van der Waals surface area (Å²) in [5.41, 5.74) is 0. The van der Waals surface area contributed by atoms with E-state index in [0.29, 0.717) is 0 Å². The number of unbranched alkanes of at least 4 members (excludes halogenated alkanes) is 4. The second-order valence-electron chi connectivity index (χ2n) is 4.88. The minimum atomic E-state index is -0.110. The maximum atomic E-state index is 3.37. The molecular weight excluding hydrogens is 506 g/mol. The van der Waals surface area contributed by atoms with Crippen LogP contribution in [0, 0.1) is 26.8 Å². The van der Waals surface area contributed by atoms with E-state index in [1.54, 1.807) is 0 Å². The molecule has 0 atom stereocenters. The summed E-state index contributed by atoms with van der Waals surface area (Å²) < 4.78 is 9.56. The number of benzene rings is 2. The van der Waals surface area contributed by atoms with Crippen molar-refractivity contribution in [2.75, 3.05) is 0 Å². The molecule has 0 heterocycles. The van der Waals surface area contributed by atoms with E-state index in [1.165, 1.54) is 26.4 Å². The van der Waals surface area contributed by atoms with Gasteiger partial charge in [0.15, 0.2) is 7.85 Å². The van der Waals surface area contributed by atoms with Crippen LogP contribution >= 0.6 is 0 Å². The van der Waals surface area contributed by atoms with E-state index in [0.717, 1.165) is 12.8 Å². The number of hydrogen-bond acceptors (Lipinski definition) is 0. The fraction of sp³-hybridized carbons (Fsp3) is 0.238. The van der Waals surface area contributed by atoms with Gasteiger partial charge < -0.3 is 0 Å². The standard InChI is InChI=1S/C21H20I2/c1(2-4-12-18-22-20-14-8-6-9-15-20)3-5-13-19-23-21-16-10-7-11-17-21/h6-11,14-17H,1-5H2/q+2. The molecule has 116 valence electrons. The van der Waals surface area contributed by atoms with Crippen molar-refractivity contribution in [1.29, 1.82) is 0 Å². The Bertz CT molecular complexity index is 608. The minimum Gasteiger partial charge on any atom is -0.0619 e. The average molecular weight is 526 g/mol. The number of hydrogen-bond donors (Lipinski definition) is 0. The maximum Gasteiger partial charge on any atom is 0.419 e. The van der Waals surface area contributed by atoms with E-state index < -0.39 is 0 Å². The molecule has 0 aliphatic carbocycles. The molecule has 0 amide bonds. The normalized spacial score (nSPS) is 9.39. The summed E-state index contributed by atoms with van der Waals surface area (Å²) in [6.07, 6.45) is 5.74. The first-order valence-electron chi connectivity index (χ1n) is 7.78. The molecule has 0 aromatic heterocycles. The molecule has 23 heavy (non-hydrogen) atoms. The Balaban J connectivity index is 1.49. The Morgan fingerprint density at radius 3 is 1.43 bits per heavy atom. The molecule has 0 nitrogen and oxygen atoms in total. The van der Waals surface area contributed by atoms with Gasteiger partial charge in [-0.05, 0) is 48.9 Å². The quantitative estimate of drug-likeness (QED) is 0.252. The smallest absolute Gasteiger partial charge is 0.0619 e. The lowest BCUT2D eigenvalue weighted by Crippen LogP contribution is -3.59. The lowest BCUT2D eigenvalue weighted by atomic mass is 10.1. The van der Waals surface area contributed by atoms with Crippen LogP contribution in [0.4, 0.5) is 0 Å². The van der Waals surface area contributed by atoms with Crippen molar-refractivity contribution in [2.45, 2.75) is 32.1 Å². The van der Waals surface area contributed by atoms with E-state index in [4.69, 9.17) is 0 Å². The molecule has 0 saturated carbocycles. The predicted molar refractivity (Wildman–Crippen MR) is 88.9 cm³/mol. The van der Waals surface area contributed by atoms with Crippen LogP contribution in [0.25, 0.3) is 0 Å². The van der Waals surface area contributed by atoms with Crippen molar-refractivity contribution in [1.82, 2.24) is 0 Å². The summed E-state index contributed by atoms with van der Waals surface area (Å²) in [6.45, 7) is 0. The van der Waals surface area contributed by atoms with Crippen LogP contribution in [0.15, 0.2) is 60.7 Å². The molecule has 2 heteroatoms. The van der Waals surface area contributed by atoms with E-state index >= 15 is 0 Å². The van der Waals surface area contributed by atoms with Crippen molar-refractivity contribution in [3.05, 3.63) is 67.8 Å². The molecule has 2 aromatic rings. The molecule has 0 saturated heterocycles. The van der Waals surface area contributed by atoms with E-state index in [1.807, 2.05) is 0 Å². The first-order valence-corrected chi connectivity index (χ1v) is 12.1. The Morgan fingerprint density at radius 2 is 1.00 bits per heavy atom. The van der Waals surface area contributed by atoms with Gasteiger partial charge in [-0.3, -0.25) is 0 Å². The molecule has 0 aliphatic rings. The third-order valence-electron chi connectivity index (χ3n) is 3.02. The van der Waals surface area contributed by atoms with Crippen LogP contribution in [0.2, 0.25) is 0 Å². The van der Waals surface area contributed by atoms with Gasteiger partial charge in [-0.2, -0.15) is 0 Å². The highest BCUT2D eigenvalue weighted by Crippen LogP contribution is 2.00. The zero-order valence-electron chi connectivity index (χ0n) is 13.1. The second-order valence-corrected chi connectivity index (χ2v) is 9.53. The highest BCUT2D eigenvalue weighted by atomic mass is 127. The summed E-state index contributed by atoms with van der Waals surface area (Å²) in [7, 11) is 0. The van der Waals surface area contributed by atoms with Gasteiger partial charge in [-0.15, -0.1) is 0 Å². The molecule has 0 spiro atoms. The Kier molecular flexibility index (Phi) is 9.93. The summed E-state index contributed by atoms with van der Waals surface area (Å²) in [5.74, 6) is 6.65. The summed E-state index contributed by atoms with van der Waals surface area (Å²) in [4.78, 5) is 0. The third kappa shape index (κ3) is 9.03. The van der Waals surface area contributed by atoms with Gasteiger partial charge in [0.05, 0.1) is 0 Å². The van der Waals surface area contributed by atoms with Crippen molar-refractivity contribution in [3.8, 4) is 19.7 Å². The van der Waals surface area contributed by atoms with Gasteiger partial charge in [0, 0.05) is 12.8 Å². The van der Waals surface area contributed by atoms with Crippen LogP contribution in [0.1, 0.15) is 32.1 Å². The monoisotopic (exact) mass is 526 g/mol. The molecule has 0 radical (unpaired) electrons. The number of rotatable bonds is 6. The molecule has 0 fully saturated rings. The van der Waals surface area contributed by atoms with Crippen molar-refractivity contribution < 1.29 is 42.4 Å². The second kappa shape index (κ2) is 12.4. The first kappa shape index (κ1) is 18.4. The lowest BCUT2D eigenvalue weighted by Gasteiger charge is -1.90. The fourth-order valence-corrected chi connectivity index (χ4v) is 4.92. The highest BCUT2D eigenvalue weighted by Gasteiger charge is 2.06. The topological polar surface area (TPSA) is 0 Å². The Labute approximate surface area is 161 Å². The van der Waals surface area contributed by atoms with Gasteiger partial charge in [0.25, 0.3) is 0 Å². The first-order chi connectivity index (χ1) is 11.4. The van der Waals surface area contributed by atoms with Gasteiger partial charge in [0.2, 0.25) is 7.14 Å². The Hall–Kier alpha value is -0.980. The zero-order chi connectivity index (χ0) is 16.0. The molecule has 0 bridgehead atoms. The minimum absolute atomic E-state index is 0.110. The maximum absolute atomic E-state index is 3.37. The van der Waals surface area contributed by atoms with Crippen molar-refractivity contribution >= 4 is 0 Å². The van der Waals surface area contributed by atoms with Gasteiger partial charge >= 0.3 is 42.4 Å². The van der Waals surface area contributed by atoms with Gasteiger partial charge in [-0.25, -0.2) is 0 Å². The molecule has 0 aliphatic heterocycles. The zero-order valence-corrected chi connectivity index (χ0v) is 17.4. The summed E-state index contributed by atoms with van der Waals surface area (Å²) in [5, 5.41) is 0. The lowest BCUT2D eigenvalue weighted by molar-refractivity contribution is -0.535. The molecule has 0 N–H and O–H groups in total. The average Bonchev–Trinajstić information content (AvgIpc) is 2.61. The number of halogens is 2. The predicted octanol–water partition coefficient (Wildman–Crippen LogP) is -1.22. The molecule has 0 unspecified atom stereocenters. The van der Waals surface area contributed by atoms with Crippen molar-refractivity contribution in [3.63, 3.8) is 0 Å². The molecule has 2 aromatic carbocycles. The highest BCUT2D eigenvalue weighted by molar-refractivity contribution is 5.01. The van der Waals surface area contributed by atoms with E-state index in [2.05, 4.69) is 80.4 Å². The van der Waals surface area contributed by atoms with Crippen LogP contribution in [0.3, 0.4) is 0 Å². The van der Waals surface area contributed by atoms with Gasteiger partial charge in [0.1, 0.15) is 0 Å². The third-order valence-corrected chi connectivity index (χ3v) is 7.00. The van der Waals surface area contributed by atoms with Gasteiger partial charge in [-0.1, -0.05) is 42.8 Å². The van der Waals surface area contributed by atoms with Crippen LogP contribution < -0.4 is 42.4 Å². The molecular formula is C21H20I2+2.